The Kier molecular flexibility index (Phi) is 5.32. The molecule has 0 fully saturated rings. The summed E-state index contributed by atoms with van der Waals surface area (Å²) in [6.45, 7) is 4.73. The van der Waals surface area contributed by atoms with E-state index in [2.05, 4.69) is 10.4 Å². The van der Waals surface area contributed by atoms with Crippen LogP contribution in [0.3, 0.4) is 0 Å². The highest BCUT2D eigenvalue weighted by molar-refractivity contribution is 5.79. The molecule has 0 unspecified atom stereocenters. The van der Waals surface area contributed by atoms with Gasteiger partial charge in [0.25, 0.3) is 0 Å². The van der Waals surface area contributed by atoms with Gasteiger partial charge in [0.2, 0.25) is 11.8 Å². The summed E-state index contributed by atoms with van der Waals surface area (Å²) in [6.07, 6.45) is 1.92. The molecule has 3 heterocycles. The molecule has 0 aliphatic carbocycles. The van der Waals surface area contributed by atoms with Gasteiger partial charge < -0.3 is 15.0 Å². The van der Waals surface area contributed by atoms with E-state index in [1.165, 1.54) is 0 Å². The van der Waals surface area contributed by atoms with Gasteiger partial charge in [-0.15, -0.1) is 0 Å². The van der Waals surface area contributed by atoms with Crippen LogP contribution in [0, 0.1) is 5.92 Å². The van der Waals surface area contributed by atoms with Gasteiger partial charge in [-0.25, -0.2) is 0 Å². The number of rotatable bonds is 4. The van der Waals surface area contributed by atoms with E-state index in [0.717, 1.165) is 35.5 Å². The van der Waals surface area contributed by atoms with Crippen molar-refractivity contribution in [3.05, 3.63) is 47.3 Å². The minimum atomic E-state index is -0.0542. The largest absolute Gasteiger partial charge is 0.493 e. The zero-order valence-electron chi connectivity index (χ0n) is 16.2. The molecule has 1 aromatic carbocycles. The Labute approximate surface area is 164 Å². The predicted molar refractivity (Wildman–Crippen MR) is 104 cm³/mol. The molecule has 7 nitrogen and oxygen atoms in total. The van der Waals surface area contributed by atoms with Crippen LogP contribution in [-0.2, 0) is 35.6 Å². The Morgan fingerprint density at radius 1 is 1.29 bits per heavy atom. The molecule has 148 valence electrons. The lowest BCUT2D eigenvalue weighted by molar-refractivity contribution is -0.137. The van der Waals surface area contributed by atoms with E-state index < -0.39 is 0 Å². The van der Waals surface area contributed by atoms with E-state index >= 15 is 0 Å². The van der Waals surface area contributed by atoms with Gasteiger partial charge in [0, 0.05) is 18.9 Å². The average Bonchev–Trinajstić information content (AvgIpc) is 3.01. The summed E-state index contributed by atoms with van der Waals surface area (Å²) in [6, 6.07) is 9.96. The van der Waals surface area contributed by atoms with Gasteiger partial charge >= 0.3 is 0 Å². The van der Waals surface area contributed by atoms with E-state index in [1.807, 2.05) is 46.8 Å². The normalized spacial score (nSPS) is 18.5. The van der Waals surface area contributed by atoms with Crippen molar-refractivity contribution in [1.82, 2.24) is 20.0 Å². The SMILES string of the molecule is CCC(=O)NCc1cc2n(n1)CCN(C(=O)[C@@H]1CCOc3ccccc3C1)C2. The molecule has 4 rings (SSSR count). The number of fused-ring (bicyclic) bond motifs is 2. The molecule has 2 aliphatic heterocycles. The Hall–Kier alpha value is -2.83. The van der Waals surface area contributed by atoms with E-state index in [1.54, 1.807) is 0 Å². The highest BCUT2D eigenvalue weighted by atomic mass is 16.5. The molecular formula is C21H26N4O3. The molecule has 0 saturated heterocycles. The second-order valence-corrected chi connectivity index (χ2v) is 7.39. The molecule has 1 atom stereocenters. The number of aromatic nitrogens is 2. The van der Waals surface area contributed by atoms with Gasteiger partial charge in [-0.3, -0.25) is 14.3 Å². The quantitative estimate of drug-likeness (QED) is 0.876. The van der Waals surface area contributed by atoms with Gasteiger partial charge in [-0.1, -0.05) is 25.1 Å². The molecule has 1 aromatic heterocycles. The molecule has 7 heteroatoms. The first-order valence-electron chi connectivity index (χ1n) is 9.96. The first-order chi connectivity index (χ1) is 13.6. The van der Waals surface area contributed by atoms with Crippen molar-refractivity contribution >= 4 is 11.8 Å². The summed E-state index contributed by atoms with van der Waals surface area (Å²) in [5.74, 6) is 1.04. The fourth-order valence-corrected chi connectivity index (χ4v) is 3.88. The number of amides is 2. The predicted octanol–water partition coefficient (Wildman–Crippen LogP) is 1.89. The minimum absolute atomic E-state index is 0.0126. The maximum Gasteiger partial charge on any atom is 0.226 e. The third kappa shape index (κ3) is 3.88. The van der Waals surface area contributed by atoms with Crippen LogP contribution in [0.1, 0.15) is 36.7 Å². The second-order valence-electron chi connectivity index (χ2n) is 7.39. The number of hydrogen-bond donors (Lipinski definition) is 1. The topological polar surface area (TPSA) is 76.5 Å². The van der Waals surface area contributed by atoms with E-state index in [9.17, 15) is 9.59 Å². The van der Waals surface area contributed by atoms with Crippen molar-refractivity contribution in [3.8, 4) is 5.75 Å². The van der Waals surface area contributed by atoms with Crippen LogP contribution in [0.5, 0.6) is 5.75 Å². The Bertz CT molecular complexity index is 876. The van der Waals surface area contributed by atoms with Crippen molar-refractivity contribution in [2.24, 2.45) is 5.92 Å². The van der Waals surface area contributed by atoms with Crippen LogP contribution in [0.4, 0.5) is 0 Å². The van der Waals surface area contributed by atoms with Crippen molar-refractivity contribution in [2.45, 2.75) is 45.8 Å². The zero-order chi connectivity index (χ0) is 19.5. The molecule has 0 spiro atoms. The minimum Gasteiger partial charge on any atom is -0.493 e. The summed E-state index contributed by atoms with van der Waals surface area (Å²) in [5, 5.41) is 7.40. The van der Waals surface area contributed by atoms with Gasteiger partial charge in [0.15, 0.2) is 0 Å². The lowest BCUT2D eigenvalue weighted by atomic mass is 9.95. The lowest BCUT2D eigenvalue weighted by Gasteiger charge is -2.30. The molecule has 28 heavy (non-hydrogen) atoms. The molecule has 1 N–H and O–H groups in total. The highest BCUT2D eigenvalue weighted by Crippen LogP contribution is 2.28. The standard InChI is InChI=1S/C21H26N4O3/c1-2-20(26)22-13-17-12-18-14-24(8-9-25(18)23-17)21(27)16-7-10-28-19-6-4-3-5-15(19)11-16/h3-6,12,16H,2,7-11,13-14H2,1H3,(H,22,26)/t16-/m1/s1. The van der Waals surface area contributed by atoms with Crippen molar-refractivity contribution in [2.75, 3.05) is 13.2 Å². The molecule has 2 aliphatic rings. The fraction of sp³-hybridized carbons (Fsp3) is 0.476. The first kappa shape index (κ1) is 18.5. The number of carbonyl (C=O) groups is 2. The summed E-state index contributed by atoms with van der Waals surface area (Å²) >= 11 is 0. The van der Waals surface area contributed by atoms with Crippen LogP contribution in [-0.4, -0.2) is 39.6 Å². The molecule has 0 radical (unpaired) electrons. The number of nitrogens with one attached hydrogen (secondary N) is 1. The third-order valence-corrected chi connectivity index (χ3v) is 5.46. The van der Waals surface area contributed by atoms with Crippen LogP contribution >= 0.6 is 0 Å². The van der Waals surface area contributed by atoms with Crippen LogP contribution in [0.25, 0.3) is 0 Å². The van der Waals surface area contributed by atoms with Gasteiger partial charge in [-0.05, 0) is 30.5 Å². The Morgan fingerprint density at radius 3 is 3.00 bits per heavy atom. The molecular weight excluding hydrogens is 356 g/mol. The maximum atomic E-state index is 13.2. The van der Waals surface area contributed by atoms with E-state index in [4.69, 9.17) is 4.74 Å². The number of benzene rings is 1. The smallest absolute Gasteiger partial charge is 0.226 e. The van der Waals surface area contributed by atoms with E-state index in [0.29, 0.717) is 39.2 Å². The number of hydrogen-bond acceptors (Lipinski definition) is 4. The van der Waals surface area contributed by atoms with Gasteiger partial charge in [0.05, 0.1) is 37.6 Å². The van der Waals surface area contributed by atoms with Crippen molar-refractivity contribution in [3.63, 3.8) is 0 Å². The molecule has 0 saturated carbocycles. The zero-order valence-corrected chi connectivity index (χ0v) is 16.2. The Morgan fingerprint density at radius 2 is 2.14 bits per heavy atom. The summed E-state index contributed by atoms with van der Waals surface area (Å²) in [5.41, 5.74) is 2.96. The van der Waals surface area contributed by atoms with Crippen LogP contribution < -0.4 is 10.1 Å². The highest BCUT2D eigenvalue weighted by Gasteiger charge is 2.30. The number of carbonyl (C=O) groups excluding carboxylic acids is 2. The molecule has 2 amide bonds. The van der Waals surface area contributed by atoms with Crippen LogP contribution in [0.15, 0.2) is 30.3 Å². The number of para-hydroxylation sites is 1. The average molecular weight is 382 g/mol. The molecule has 0 bridgehead atoms. The maximum absolute atomic E-state index is 13.2. The lowest BCUT2D eigenvalue weighted by Crippen LogP contribution is -2.42. The summed E-state index contributed by atoms with van der Waals surface area (Å²) in [7, 11) is 0. The first-order valence-corrected chi connectivity index (χ1v) is 9.96. The van der Waals surface area contributed by atoms with E-state index in [-0.39, 0.29) is 17.7 Å². The number of nitrogens with zero attached hydrogens (tertiary/aromatic N) is 3. The Balaban J connectivity index is 1.42. The van der Waals surface area contributed by atoms with Gasteiger partial charge in [0.1, 0.15) is 5.75 Å². The third-order valence-electron chi connectivity index (χ3n) is 5.46. The van der Waals surface area contributed by atoms with Crippen molar-refractivity contribution < 1.29 is 14.3 Å². The monoisotopic (exact) mass is 382 g/mol. The number of ether oxygens (including phenoxy) is 1. The summed E-state index contributed by atoms with van der Waals surface area (Å²) in [4.78, 5) is 26.6. The van der Waals surface area contributed by atoms with Crippen LogP contribution in [0.2, 0.25) is 0 Å². The van der Waals surface area contributed by atoms with Gasteiger partial charge in [-0.2, -0.15) is 5.10 Å². The second kappa shape index (κ2) is 8.04. The van der Waals surface area contributed by atoms with Crippen molar-refractivity contribution in [1.29, 1.82) is 0 Å². The fourth-order valence-electron chi connectivity index (χ4n) is 3.88. The summed E-state index contributed by atoms with van der Waals surface area (Å²) < 4.78 is 7.76. The molecule has 2 aromatic rings.